The van der Waals surface area contributed by atoms with Crippen LogP contribution in [0.1, 0.15) is 43.0 Å². The molecule has 1 aromatic rings. The molecule has 0 bridgehead atoms. The number of nitrogens with zero attached hydrogens (tertiary/aromatic N) is 2. The summed E-state index contributed by atoms with van der Waals surface area (Å²) < 4.78 is 5.26. The quantitative estimate of drug-likeness (QED) is 0.891. The first-order chi connectivity index (χ1) is 10.6. The van der Waals surface area contributed by atoms with E-state index in [-0.39, 0.29) is 12.1 Å². The number of likely N-dealkylation sites (tertiary alicyclic amines) is 1. The second kappa shape index (κ2) is 8.74. The molecule has 22 heavy (non-hydrogen) atoms. The number of rotatable bonds is 5. The molecular formula is C15H25N3O2S2. The van der Waals surface area contributed by atoms with E-state index < -0.39 is 0 Å². The van der Waals surface area contributed by atoms with Gasteiger partial charge in [0.15, 0.2) is 0 Å². The van der Waals surface area contributed by atoms with Crippen molar-refractivity contribution in [2.75, 3.05) is 26.5 Å². The Kier molecular flexibility index (Phi) is 6.98. The smallest absolute Gasteiger partial charge is 0.317 e. The number of thiazole rings is 1. The molecule has 0 aromatic carbocycles. The molecule has 0 unspecified atom stereocenters. The molecule has 1 aromatic heterocycles. The molecule has 2 atom stereocenters. The topological polar surface area (TPSA) is 54.5 Å². The van der Waals surface area contributed by atoms with Crippen LogP contribution in [0.2, 0.25) is 0 Å². The van der Waals surface area contributed by atoms with Crippen molar-refractivity contribution in [1.29, 1.82) is 0 Å². The number of thioether (sulfide) groups is 1. The summed E-state index contributed by atoms with van der Waals surface area (Å²) in [7, 11) is 1.68. The molecule has 0 aliphatic carbocycles. The van der Waals surface area contributed by atoms with Gasteiger partial charge < -0.3 is 15.0 Å². The molecule has 7 heteroatoms. The molecule has 5 nitrogen and oxygen atoms in total. The van der Waals surface area contributed by atoms with Gasteiger partial charge in [0.25, 0.3) is 0 Å². The van der Waals surface area contributed by atoms with Crippen LogP contribution in [0, 0.1) is 0 Å². The van der Waals surface area contributed by atoms with Gasteiger partial charge in [0.05, 0.1) is 12.2 Å². The van der Waals surface area contributed by atoms with Crippen molar-refractivity contribution >= 4 is 29.1 Å². The van der Waals surface area contributed by atoms with E-state index in [2.05, 4.69) is 16.6 Å². The molecule has 1 aliphatic rings. The SMILES string of the molecule is CO[C@H](C)c1nc(CNC(=O)N2CCCC[C@@H](SC)C2)cs1. The van der Waals surface area contributed by atoms with E-state index in [1.807, 2.05) is 29.0 Å². The fourth-order valence-electron chi connectivity index (χ4n) is 2.45. The summed E-state index contributed by atoms with van der Waals surface area (Å²) in [5, 5.41) is 6.48. The Balaban J connectivity index is 1.85. The van der Waals surface area contributed by atoms with E-state index >= 15 is 0 Å². The number of ether oxygens (including phenoxy) is 1. The van der Waals surface area contributed by atoms with E-state index in [1.165, 1.54) is 12.8 Å². The Bertz CT molecular complexity index is 481. The van der Waals surface area contributed by atoms with E-state index in [4.69, 9.17) is 4.74 Å². The molecule has 0 spiro atoms. The van der Waals surface area contributed by atoms with Crippen molar-refractivity contribution in [2.45, 2.75) is 44.1 Å². The molecule has 124 valence electrons. The standard InChI is InChI=1S/C15H25N3O2S2/c1-11(20-2)14-17-12(10-22-14)8-16-15(19)18-7-5-4-6-13(9-18)21-3/h10-11,13H,4-9H2,1-3H3,(H,16,19)/t11-,13-/m1/s1. The molecule has 1 N–H and O–H groups in total. The second-order valence-corrected chi connectivity index (χ2v) is 7.54. The number of nitrogens with one attached hydrogen (secondary N) is 1. The highest BCUT2D eigenvalue weighted by molar-refractivity contribution is 7.99. The highest BCUT2D eigenvalue weighted by Crippen LogP contribution is 2.21. The largest absolute Gasteiger partial charge is 0.375 e. The highest BCUT2D eigenvalue weighted by atomic mass is 32.2. The molecule has 0 saturated carbocycles. The predicted octanol–water partition coefficient (Wildman–Crippen LogP) is 3.28. The van der Waals surface area contributed by atoms with Gasteiger partial charge in [-0.25, -0.2) is 9.78 Å². The van der Waals surface area contributed by atoms with Gasteiger partial charge in [0.1, 0.15) is 11.1 Å². The average molecular weight is 344 g/mol. The molecule has 1 fully saturated rings. The van der Waals surface area contributed by atoms with Crippen molar-refractivity contribution in [3.05, 3.63) is 16.1 Å². The van der Waals surface area contributed by atoms with Crippen LogP contribution >= 0.6 is 23.1 Å². The Hall–Kier alpha value is -0.790. The first-order valence-electron chi connectivity index (χ1n) is 7.66. The molecule has 2 rings (SSSR count). The number of amides is 2. The van der Waals surface area contributed by atoms with Crippen molar-refractivity contribution < 1.29 is 9.53 Å². The average Bonchev–Trinajstić information content (AvgIpc) is 2.88. The monoisotopic (exact) mass is 343 g/mol. The molecule has 2 heterocycles. The lowest BCUT2D eigenvalue weighted by Crippen LogP contribution is -2.42. The molecule has 2 amide bonds. The number of urea groups is 1. The number of hydrogen-bond donors (Lipinski definition) is 1. The van der Waals surface area contributed by atoms with Gasteiger partial charge in [-0.05, 0) is 26.0 Å². The van der Waals surface area contributed by atoms with Crippen molar-refractivity contribution in [3.63, 3.8) is 0 Å². The maximum atomic E-state index is 12.3. The number of carbonyl (C=O) groups is 1. The normalized spacial score (nSPS) is 20.5. The van der Waals surface area contributed by atoms with Gasteiger partial charge in [0, 0.05) is 30.8 Å². The van der Waals surface area contributed by atoms with Crippen LogP contribution < -0.4 is 5.32 Å². The summed E-state index contributed by atoms with van der Waals surface area (Å²) in [4.78, 5) is 18.8. The zero-order valence-corrected chi connectivity index (χ0v) is 15.1. The van der Waals surface area contributed by atoms with Crippen LogP contribution in [-0.2, 0) is 11.3 Å². The lowest BCUT2D eigenvalue weighted by Gasteiger charge is -2.23. The summed E-state index contributed by atoms with van der Waals surface area (Å²) in [6, 6.07) is 0.0234. The molecule has 1 saturated heterocycles. The number of methoxy groups -OCH3 is 1. The summed E-state index contributed by atoms with van der Waals surface area (Å²) in [6.45, 7) is 4.15. The van der Waals surface area contributed by atoms with Crippen molar-refractivity contribution in [3.8, 4) is 0 Å². The van der Waals surface area contributed by atoms with Crippen LogP contribution in [0.15, 0.2) is 5.38 Å². The third-order valence-electron chi connectivity index (χ3n) is 3.94. The summed E-state index contributed by atoms with van der Waals surface area (Å²) in [6.07, 6.45) is 5.63. The predicted molar refractivity (Wildman–Crippen MR) is 92.5 cm³/mol. The van der Waals surface area contributed by atoms with Gasteiger partial charge in [-0.15, -0.1) is 11.3 Å². The lowest BCUT2D eigenvalue weighted by molar-refractivity contribution is 0.119. The summed E-state index contributed by atoms with van der Waals surface area (Å²) >= 11 is 3.43. The number of carbonyl (C=O) groups excluding carboxylic acids is 1. The highest BCUT2D eigenvalue weighted by Gasteiger charge is 2.21. The zero-order chi connectivity index (χ0) is 15.9. The van der Waals surface area contributed by atoms with Gasteiger partial charge in [-0.3, -0.25) is 0 Å². The van der Waals surface area contributed by atoms with E-state index in [9.17, 15) is 4.79 Å². The van der Waals surface area contributed by atoms with Gasteiger partial charge in [0.2, 0.25) is 0 Å². The number of aromatic nitrogens is 1. The first kappa shape index (κ1) is 17.6. The van der Waals surface area contributed by atoms with E-state index in [1.54, 1.807) is 18.4 Å². The number of hydrogen-bond acceptors (Lipinski definition) is 5. The minimum absolute atomic E-state index is 0.00222. The van der Waals surface area contributed by atoms with Gasteiger partial charge >= 0.3 is 6.03 Å². The molecule has 1 aliphatic heterocycles. The first-order valence-corrected chi connectivity index (χ1v) is 9.83. The fraction of sp³-hybridized carbons (Fsp3) is 0.733. The van der Waals surface area contributed by atoms with Gasteiger partial charge in [-0.2, -0.15) is 11.8 Å². The zero-order valence-electron chi connectivity index (χ0n) is 13.5. The maximum absolute atomic E-state index is 12.3. The van der Waals surface area contributed by atoms with Gasteiger partial charge in [-0.1, -0.05) is 6.42 Å². The van der Waals surface area contributed by atoms with E-state index in [0.29, 0.717) is 11.8 Å². The Morgan fingerprint density at radius 1 is 1.64 bits per heavy atom. The van der Waals surface area contributed by atoms with Crippen LogP contribution in [0.25, 0.3) is 0 Å². The minimum Gasteiger partial charge on any atom is -0.375 e. The van der Waals surface area contributed by atoms with Crippen molar-refractivity contribution in [2.24, 2.45) is 0 Å². The van der Waals surface area contributed by atoms with Crippen LogP contribution in [0.5, 0.6) is 0 Å². The van der Waals surface area contributed by atoms with Crippen LogP contribution in [0.3, 0.4) is 0 Å². The molecular weight excluding hydrogens is 318 g/mol. The Morgan fingerprint density at radius 3 is 3.18 bits per heavy atom. The minimum atomic E-state index is 0.00222. The Labute approximate surface area is 140 Å². The Morgan fingerprint density at radius 2 is 2.45 bits per heavy atom. The third-order valence-corrected chi connectivity index (χ3v) is 6.05. The lowest BCUT2D eigenvalue weighted by atomic mass is 10.2. The van der Waals surface area contributed by atoms with Crippen LogP contribution in [-0.4, -0.2) is 47.6 Å². The maximum Gasteiger partial charge on any atom is 0.317 e. The summed E-state index contributed by atoms with van der Waals surface area (Å²) in [5.41, 5.74) is 0.897. The molecule has 0 radical (unpaired) electrons. The van der Waals surface area contributed by atoms with Crippen molar-refractivity contribution in [1.82, 2.24) is 15.2 Å². The summed E-state index contributed by atoms with van der Waals surface area (Å²) in [5.74, 6) is 0. The third kappa shape index (κ3) is 4.86. The fourth-order valence-corrected chi connectivity index (χ4v) is 4.03. The second-order valence-electron chi connectivity index (χ2n) is 5.51. The van der Waals surface area contributed by atoms with E-state index in [0.717, 1.165) is 30.2 Å². The van der Waals surface area contributed by atoms with Crippen LogP contribution in [0.4, 0.5) is 4.79 Å².